The van der Waals surface area contributed by atoms with Gasteiger partial charge in [0.15, 0.2) is 13.1 Å². The average Bonchev–Trinajstić information content (AvgIpc) is 2.64. The number of ether oxygens (including phenoxy) is 1. The summed E-state index contributed by atoms with van der Waals surface area (Å²) in [6.07, 6.45) is 0.413. The van der Waals surface area contributed by atoms with E-state index in [9.17, 15) is 9.59 Å². The van der Waals surface area contributed by atoms with Crippen LogP contribution in [0.25, 0.3) is 0 Å². The summed E-state index contributed by atoms with van der Waals surface area (Å²) in [5.41, 5.74) is 3.08. The molecule has 160 valence electrons. The van der Waals surface area contributed by atoms with Crippen LogP contribution in [0.15, 0.2) is 18.2 Å². The Hall–Kier alpha value is -1.96. The Morgan fingerprint density at radius 2 is 1.62 bits per heavy atom. The molecule has 3 atom stereocenters. The number of carbonyl (C=O) groups excluding carboxylic acids is 2. The van der Waals surface area contributed by atoms with Crippen LogP contribution in [0.5, 0.6) is 0 Å². The fourth-order valence-electron chi connectivity index (χ4n) is 4.53. The van der Waals surface area contributed by atoms with Gasteiger partial charge in [0, 0.05) is 5.69 Å². The number of hydrogen-bond acceptors (Lipinski definition) is 3. The molecule has 3 N–H and O–H groups in total. The fourth-order valence-corrected chi connectivity index (χ4v) is 4.53. The molecule has 0 spiro atoms. The number of nitrogens with one attached hydrogen (secondary N) is 3. The molecule has 0 bridgehead atoms. The van der Waals surface area contributed by atoms with Gasteiger partial charge in [-0.3, -0.25) is 9.59 Å². The highest BCUT2D eigenvalue weighted by Crippen LogP contribution is 2.18. The largest absolute Gasteiger partial charge is 0.364 e. The highest BCUT2D eigenvalue weighted by molar-refractivity contribution is 5.93. The van der Waals surface area contributed by atoms with Crippen LogP contribution in [-0.4, -0.2) is 81.3 Å². The van der Waals surface area contributed by atoms with Crippen LogP contribution in [0.4, 0.5) is 5.69 Å². The SMILES string of the molecule is Cc1cccc(C)c1NC(=O)C[NH+]1CCN(C(=O)C[NH+]2C[C@@H](C)O[C@@H](C)C2)CC1. The molecule has 0 aliphatic carbocycles. The first kappa shape index (κ1) is 21.7. The predicted octanol–water partition coefficient (Wildman–Crippen LogP) is -1.34. The molecule has 0 radical (unpaired) electrons. The van der Waals surface area contributed by atoms with Crippen LogP contribution >= 0.6 is 0 Å². The van der Waals surface area contributed by atoms with E-state index in [1.54, 1.807) is 0 Å². The van der Waals surface area contributed by atoms with Crippen molar-refractivity contribution in [3.05, 3.63) is 29.3 Å². The molecule has 7 nitrogen and oxygen atoms in total. The standard InChI is InChI=1S/C22H34N4O3/c1-16-6-5-7-17(2)22(16)23-20(27)14-24-8-10-26(11-9-24)21(28)15-25-12-18(3)29-19(4)13-25/h5-7,18-19H,8-15H2,1-4H3,(H,23,27)/p+2/t18-,19+. The fraction of sp³-hybridized carbons (Fsp3) is 0.636. The number of morpholine rings is 1. The minimum absolute atomic E-state index is 0.0397. The molecular formula is C22H36N4O3+2. The quantitative estimate of drug-likeness (QED) is 0.569. The number of para-hydroxylation sites is 1. The van der Waals surface area contributed by atoms with E-state index in [0.717, 1.165) is 56.1 Å². The highest BCUT2D eigenvalue weighted by Gasteiger charge is 2.31. The molecule has 2 aliphatic heterocycles. The maximum Gasteiger partial charge on any atom is 0.279 e. The molecule has 0 aromatic heterocycles. The second kappa shape index (κ2) is 9.69. The first-order chi connectivity index (χ1) is 13.8. The first-order valence-electron chi connectivity index (χ1n) is 10.8. The summed E-state index contributed by atoms with van der Waals surface area (Å²) < 4.78 is 5.76. The lowest BCUT2D eigenvalue weighted by atomic mass is 10.1. The molecule has 2 saturated heterocycles. The Kier molecular flexibility index (Phi) is 7.27. The van der Waals surface area contributed by atoms with Gasteiger partial charge in [0.05, 0.1) is 26.2 Å². The monoisotopic (exact) mass is 404 g/mol. The normalized spacial score (nSPS) is 25.7. The number of rotatable bonds is 5. The van der Waals surface area contributed by atoms with Gasteiger partial charge in [-0.1, -0.05) is 18.2 Å². The maximum absolute atomic E-state index is 12.7. The molecule has 3 rings (SSSR count). The molecular weight excluding hydrogens is 368 g/mol. The number of hydrogen-bond donors (Lipinski definition) is 3. The smallest absolute Gasteiger partial charge is 0.279 e. The highest BCUT2D eigenvalue weighted by atomic mass is 16.5. The molecule has 2 aliphatic rings. The van der Waals surface area contributed by atoms with E-state index >= 15 is 0 Å². The third kappa shape index (κ3) is 6.01. The van der Waals surface area contributed by atoms with Crippen LogP contribution in [0.3, 0.4) is 0 Å². The zero-order valence-electron chi connectivity index (χ0n) is 18.2. The predicted molar refractivity (Wildman–Crippen MR) is 112 cm³/mol. The van der Waals surface area contributed by atoms with Crippen LogP contribution in [0.1, 0.15) is 25.0 Å². The van der Waals surface area contributed by atoms with E-state index in [4.69, 9.17) is 4.74 Å². The Morgan fingerprint density at radius 3 is 2.21 bits per heavy atom. The van der Waals surface area contributed by atoms with Crippen LogP contribution < -0.4 is 15.1 Å². The number of carbonyl (C=O) groups is 2. The van der Waals surface area contributed by atoms with Crippen molar-refractivity contribution in [2.45, 2.75) is 39.9 Å². The van der Waals surface area contributed by atoms with E-state index in [1.807, 2.05) is 36.9 Å². The summed E-state index contributed by atoms with van der Waals surface area (Å²) in [6.45, 7) is 14.0. The minimum atomic E-state index is 0.0397. The lowest BCUT2D eigenvalue weighted by Gasteiger charge is -2.35. The number of quaternary nitrogens is 2. The first-order valence-corrected chi connectivity index (χ1v) is 10.8. The van der Waals surface area contributed by atoms with Gasteiger partial charge in [-0.25, -0.2) is 0 Å². The van der Waals surface area contributed by atoms with Gasteiger partial charge < -0.3 is 24.8 Å². The average molecular weight is 405 g/mol. The maximum atomic E-state index is 12.7. The summed E-state index contributed by atoms with van der Waals surface area (Å²) in [4.78, 5) is 29.7. The summed E-state index contributed by atoms with van der Waals surface area (Å²) in [7, 11) is 0. The Labute approximate surface area is 174 Å². The molecule has 29 heavy (non-hydrogen) atoms. The van der Waals surface area contributed by atoms with E-state index in [1.165, 1.54) is 9.80 Å². The Bertz CT molecular complexity index is 701. The number of nitrogens with zero attached hydrogens (tertiary/aromatic N) is 1. The lowest BCUT2D eigenvalue weighted by molar-refractivity contribution is -0.908. The zero-order chi connectivity index (χ0) is 21.0. The molecule has 1 aromatic carbocycles. The van der Waals surface area contributed by atoms with Crippen molar-refractivity contribution in [2.75, 3.05) is 57.7 Å². The lowest BCUT2D eigenvalue weighted by Crippen LogP contribution is -3.17. The van der Waals surface area contributed by atoms with Crippen molar-refractivity contribution >= 4 is 17.5 Å². The third-order valence-electron chi connectivity index (χ3n) is 6.00. The number of anilines is 1. The summed E-state index contributed by atoms with van der Waals surface area (Å²) in [5.74, 6) is 0.262. The molecule has 2 heterocycles. The number of benzene rings is 1. The van der Waals surface area contributed by atoms with Crippen molar-refractivity contribution in [1.82, 2.24) is 4.90 Å². The summed E-state index contributed by atoms with van der Waals surface area (Å²) in [6, 6.07) is 6.03. The van der Waals surface area contributed by atoms with Crippen molar-refractivity contribution in [3.8, 4) is 0 Å². The van der Waals surface area contributed by atoms with Crippen molar-refractivity contribution < 1.29 is 24.1 Å². The topological polar surface area (TPSA) is 67.5 Å². The van der Waals surface area contributed by atoms with Crippen molar-refractivity contribution in [1.29, 1.82) is 0 Å². The molecule has 0 saturated carbocycles. The van der Waals surface area contributed by atoms with Crippen molar-refractivity contribution in [3.63, 3.8) is 0 Å². The van der Waals surface area contributed by atoms with Gasteiger partial charge in [0.1, 0.15) is 25.3 Å². The Morgan fingerprint density at radius 1 is 1.03 bits per heavy atom. The number of piperazine rings is 1. The molecule has 2 fully saturated rings. The minimum Gasteiger partial charge on any atom is -0.364 e. The molecule has 1 aromatic rings. The van der Waals surface area contributed by atoms with Gasteiger partial charge in [-0.2, -0.15) is 0 Å². The van der Waals surface area contributed by atoms with Gasteiger partial charge >= 0.3 is 0 Å². The molecule has 7 heteroatoms. The van der Waals surface area contributed by atoms with Crippen LogP contribution in [0.2, 0.25) is 0 Å². The van der Waals surface area contributed by atoms with Gasteiger partial charge in [-0.15, -0.1) is 0 Å². The zero-order valence-corrected chi connectivity index (χ0v) is 18.2. The molecule has 2 amide bonds. The van der Waals surface area contributed by atoms with Gasteiger partial charge in [0.25, 0.3) is 11.8 Å². The third-order valence-corrected chi connectivity index (χ3v) is 6.00. The van der Waals surface area contributed by atoms with Crippen LogP contribution in [-0.2, 0) is 14.3 Å². The Balaban J connectivity index is 1.43. The molecule has 1 unspecified atom stereocenters. The number of amides is 2. The van der Waals surface area contributed by atoms with Gasteiger partial charge in [0.2, 0.25) is 0 Å². The number of aryl methyl sites for hydroxylation is 2. The second-order valence-electron chi connectivity index (χ2n) is 8.71. The summed E-state index contributed by atoms with van der Waals surface area (Å²) in [5, 5.41) is 3.07. The van der Waals surface area contributed by atoms with E-state index in [-0.39, 0.29) is 24.0 Å². The van der Waals surface area contributed by atoms with Crippen LogP contribution in [0, 0.1) is 13.8 Å². The van der Waals surface area contributed by atoms with Gasteiger partial charge in [-0.05, 0) is 38.8 Å². The van der Waals surface area contributed by atoms with E-state index in [0.29, 0.717) is 13.1 Å². The van der Waals surface area contributed by atoms with E-state index in [2.05, 4.69) is 19.2 Å². The second-order valence-corrected chi connectivity index (χ2v) is 8.71. The summed E-state index contributed by atoms with van der Waals surface area (Å²) >= 11 is 0. The van der Waals surface area contributed by atoms with Crippen molar-refractivity contribution in [2.24, 2.45) is 0 Å². The van der Waals surface area contributed by atoms with E-state index < -0.39 is 0 Å².